The Kier molecular flexibility index (Phi) is 5.56. The van der Waals surface area contributed by atoms with Gasteiger partial charge in [-0.3, -0.25) is 4.79 Å². The predicted molar refractivity (Wildman–Crippen MR) is 89.9 cm³/mol. The standard InChI is InChI=1S/C17H19NO5S/c1-5-22-17(21)15-10(3)14(11(4)18-15)16(20)23-8-12(19)13-7-6-9(2)24-13/h6-7,18H,5,8H2,1-4H3. The molecule has 0 spiro atoms. The molecule has 0 aliphatic carbocycles. The summed E-state index contributed by atoms with van der Waals surface area (Å²) in [5, 5.41) is 0. The number of H-pyrrole nitrogens is 1. The van der Waals surface area contributed by atoms with E-state index in [1.54, 1.807) is 26.8 Å². The second kappa shape index (κ2) is 7.44. The lowest BCUT2D eigenvalue weighted by atomic mass is 10.1. The summed E-state index contributed by atoms with van der Waals surface area (Å²) in [5.74, 6) is -1.42. The highest BCUT2D eigenvalue weighted by atomic mass is 32.1. The molecule has 0 unspecified atom stereocenters. The lowest BCUT2D eigenvalue weighted by molar-refractivity contribution is 0.0474. The second-order valence-electron chi connectivity index (χ2n) is 5.26. The number of ketones is 1. The number of carbonyl (C=O) groups excluding carboxylic acids is 3. The largest absolute Gasteiger partial charge is 0.461 e. The Bertz CT molecular complexity index is 787. The average molecular weight is 349 g/mol. The molecule has 6 nitrogen and oxygen atoms in total. The predicted octanol–water partition coefficient (Wildman–Crippen LogP) is 3.22. The normalized spacial score (nSPS) is 10.5. The highest BCUT2D eigenvalue weighted by Gasteiger charge is 2.24. The first-order chi connectivity index (χ1) is 11.3. The molecule has 7 heteroatoms. The quantitative estimate of drug-likeness (QED) is 0.639. The van der Waals surface area contributed by atoms with Crippen molar-refractivity contribution in [3.63, 3.8) is 0 Å². The second-order valence-corrected chi connectivity index (χ2v) is 6.54. The molecule has 2 aromatic rings. The summed E-state index contributed by atoms with van der Waals surface area (Å²) >= 11 is 1.35. The summed E-state index contributed by atoms with van der Waals surface area (Å²) in [6.45, 7) is 6.81. The lowest BCUT2D eigenvalue weighted by Crippen LogP contribution is -2.14. The molecule has 0 radical (unpaired) electrons. The molecule has 0 aliphatic rings. The number of Topliss-reactive ketones (excluding diaryl/α,β-unsaturated/α-hetero) is 1. The van der Waals surface area contributed by atoms with Crippen molar-refractivity contribution in [3.05, 3.63) is 44.4 Å². The Balaban J connectivity index is 2.10. The van der Waals surface area contributed by atoms with E-state index < -0.39 is 11.9 Å². The molecule has 1 N–H and O–H groups in total. The molecule has 24 heavy (non-hydrogen) atoms. The van der Waals surface area contributed by atoms with Crippen LogP contribution >= 0.6 is 11.3 Å². The number of aryl methyl sites for hydroxylation is 2. The topological polar surface area (TPSA) is 85.5 Å². The number of rotatable bonds is 6. The minimum atomic E-state index is -0.640. The number of thiophene rings is 1. The van der Waals surface area contributed by atoms with E-state index in [1.165, 1.54) is 11.3 Å². The third-order valence-corrected chi connectivity index (χ3v) is 4.51. The van der Waals surface area contributed by atoms with E-state index in [4.69, 9.17) is 9.47 Å². The summed E-state index contributed by atoms with van der Waals surface area (Å²) in [6.07, 6.45) is 0. The maximum atomic E-state index is 12.3. The van der Waals surface area contributed by atoms with Gasteiger partial charge in [-0.15, -0.1) is 11.3 Å². The Morgan fingerprint density at radius 1 is 1.08 bits per heavy atom. The molecule has 0 atom stereocenters. The first-order valence-electron chi connectivity index (χ1n) is 7.48. The molecule has 0 saturated carbocycles. The van der Waals surface area contributed by atoms with E-state index in [-0.39, 0.29) is 30.3 Å². The summed E-state index contributed by atoms with van der Waals surface area (Å²) in [4.78, 5) is 40.5. The minimum absolute atomic E-state index is 0.224. The summed E-state index contributed by atoms with van der Waals surface area (Å²) in [6, 6.07) is 3.55. The maximum Gasteiger partial charge on any atom is 0.355 e. The molecule has 128 valence electrons. The minimum Gasteiger partial charge on any atom is -0.461 e. The molecular formula is C17H19NO5S. The maximum absolute atomic E-state index is 12.3. The lowest BCUT2D eigenvalue weighted by Gasteiger charge is -2.04. The van der Waals surface area contributed by atoms with Crippen molar-refractivity contribution in [1.29, 1.82) is 0 Å². The van der Waals surface area contributed by atoms with E-state index in [9.17, 15) is 14.4 Å². The van der Waals surface area contributed by atoms with Gasteiger partial charge in [0.05, 0.1) is 17.0 Å². The van der Waals surface area contributed by atoms with Gasteiger partial charge in [0.2, 0.25) is 5.78 Å². The SMILES string of the molecule is CCOC(=O)c1[nH]c(C)c(C(=O)OCC(=O)c2ccc(C)s2)c1C. The Morgan fingerprint density at radius 3 is 2.38 bits per heavy atom. The van der Waals surface area contributed by atoms with Gasteiger partial charge in [-0.2, -0.15) is 0 Å². The van der Waals surface area contributed by atoms with Crippen molar-refractivity contribution < 1.29 is 23.9 Å². The van der Waals surface area contributed by atoms with Crippen molar-refractivity contribution in [2.24, 2.45) is 0 Å². The van der Waals surface area contributed by atoms with E-state index in [0.717, 1.165) is 4.88 Å². The molecule has 2 heterocycles. The van der Waals surface area contributed by atoms with Crippen LogP contribution in [0.5, 0.6) is 0 Å². The van der Waals surface area contributed by atoms with Crippen LogP contribution in [0, 0.1) is 20.8 Å². The number of nitrogens with one attached hydrogen (secondary N) is 1. The zero-order valence-corrected chi connectivity index (χ0v) is 14.8. The van der Waals surface area contributed by atoms with Crippen LogP contribution in [-0.2, 0) is 9.47 Å². The number of hydrogen-bond donors (Lipinski definition) is 1. The van der Waals surface area contributed by atoms with Gasteiger partial charge in [-0.25, -0.2) is 9.59 Å². The first-order valence-corrected chi connectivity index (χ1v) is 8.29. The van der Waals surface area contributed by atoms with Crippen LogP contribution < -0.4 is 0 Å². The molecule has 0 fully saturated rings. The van der Waals surface area contributed by atoms with Gasteiger partial charge in [0.15, 0.2) is 6.61 Å². The number of hydrogen-bond acceptors (Lipinski definition) is 6. The van der Waals surface area contributed by atoms with Crippen molar-refractivity contribution >= 4 is 29.1 Å². The number of carbonyl (C=O) groups is 3. The van der Waals surface area contributed by atoms with Gasteiger partial charge in [0, 0.05) is 10.6 Å². The van der Waals surface area contributed by atoms with Crippen LogP contribution in [0.3, 0.4) is 0 Å². The molecule has 0 aromatic carbocycles. The first kappa shape index (κ1) is 17.9. The monoisotopic (exact) mass is 349 g/mol. The van der Waals surface area contributed by atoms with Crippen LogP contribution in [0.1, 0.15) is 53.6 Å². The van der Waals surface area contributed by atoms with Crippen molar-refractivity contribution in [2.75, 3.05) is 13.2 Å². The third kappa shape index (κ3) is 3.73. The Labute approximate surface area is 143 Å². The number of ether oxygens (including phenoxy) is 2. The van der Waals surface area contributed by atoms with Gasteiger partial charge >= 0.3 is 11.9 Å². The fourth-order valence-corrected chi connectivity index (χ4v) is 3.11. The molecule has 0 bridgehead atoms. The van der Waals surface area contributed by atoms with Crippen LogP contribution in [0.25, 0.3) is 0 Å². The van der Waals surface area contributed by atoms with Crippen LogP contribution in [0.2, 0.25) is 0 Å². The van der Waals surface area contributed by atoms with E-state index in [2.05, 4.69) is 4.98 Å². The molecule has 0 aliphatic heterocycles. The van der Waals surface area contributed by atoms with Gasteiger partial charge in [0.1, 0.15) is 5.69 Å². The summed E-state index contributed by atoms with van der Waals surface area (Å²) < 4.78 is 10.1. The van der Waals surface area contributed by atoms with Gasteiger partial charge < -0.3 is 14.5 Å². The third-order valence-electron chi connectivity index (χ3n) is 3.47. The van der Waals surface area contributed by atoms with Crippen LogP contribution in [0.15, 0.2) is 12.1 Å². The van der Waals surface area contributed by atoms with E-state index in [1.807, 2.05) is 13.0 Å². The van der Waals surface area contributed by atoms with Crippen LogP contribution in [-0.4, -0.2) is 35.9 Å². The zero-order chi connectivity index (χ0) is 17.9. The van der Waals surface area contributed by atoms with Crippen LogP contribution in [0.4, 0.5) is 0 Å². The summed E-state index contributed by atoms with van der Waals surface area (Å²) in [5.41, 5.74) is 1.44. The molecule has 0 saturated heterocycles. The van der Waals surface area contributed by atoms with Gasteiger partial charge in [0.25, 0.3) is 0 Å². The fourth-order valence-electron chi connectivity index (χ4n) is 2.32. The molecular weight excluding hydrogens is 330 g/mol. The zero-order valence-electron chi connectivity index (χ0n) is 14.0. The van der Waals surface area contributed by atoms with Crippen molar-refractivity contribution in [2.45, 2.75) is 27.7 Å². The van der Waals surface area contributed by atoms with Crippen molar-refractivity contribution in [3.8, 4) is 0 Å². The van der Waals surface area contributed by atoms with E-state index >= 15 is 0 Å². The van der Waals surface area contributed by atoms with Crippen molar-refractivity contribution in [1.82, 2.24) is 4.98 Å². The fraction of sp³-hybridized carbons (Fsp3) is 0.353. The van der Waals surface area contributed by atoms with E-state index in [0.29, 0.717) is 16.1 Å². The smallest absolute Gasteiger partial charge is 0.355 e. The number of esters is 2. The number of aromatic amines is 1. The molecule has 2 rings (SSSR count). The Morgan fingerprint density at radius 2 is 1.79 bits per heavy atom. The molecule has 0 amide bonds. The van der Waals surface area contributed by atoms with Gasteiger partial charge in [-0.05, 0) is 45.4 Å². The summed E-state index contributed by atoms with van der Waals surface area (Å²) in [7, 11) is 0. The average Bonchev–Trinajstić information content (AvgIpc) is 3.08. The Hall–Kier alpha value is -2.41. The highest BCUT2D eigenvalue weighted by Crippen LogP contribution is 2.20. The number of aromatic nitrogens is 1. The van der Waals surface area contributed by atoms with Gasteiger partial charge in [-0.1, -0.05) is 0 Å². The highest BCUT2D eigenvalue weighted by molar-refractivity contribution is 7.14. The molecule has 2 aromatic heterocycles.